The van der Waals surface area contributed by atoms with Gasteiger partial charge in [-0.1, -0.05) is 6.42 Å². The van der Waals surface area contributed by atoms with Crippen LogP contribution < -0.4 is 10.5 Å². The van der Waals surface area contributed by atoms with Crippen molar-refractivity contribution in [2.75, 3.05) is 13.7 Å². The van der Waals surface area contributed by atoms with Gasteiger partial charge in [-0.05, 0) is 28.8 Å². The number of nitrogens with zero attached hydrogens (tertiary/aromatic N) is 1. The highest BCUT2D eigenvalue weighted by atomic mass is 79.9. The Morgan fingerprint density at radius 1 is 1.53 bits per heavy atom. The molecular formula is C11H15BrN2O. The topological polar surface area (TPSA) is 48.1 Å². The minimum atomic E-state index is 0.104. The highest BCUT2D eigenvalue weighted by Crippen LogP contribution is 2.48. The Bertz CT molecular complexity index is 358. The number of methoxy groups -OCH3 is 1. The molecule has 1 aromatic heterocycles. The molecule has 0 saturated heterocycles. The minimum absolute atomic E-state index is 0.104. The lowest BCUT2D eigenvalue weighted by Gasteiger charge is -2.42. The van der Waals surface area contributed by atoms with Crippen molar-refractivity contribution in [3.63, 3.8) is 0 Å². The van der Waals surface area contributed by atoms with Gasteiger partial charge in [-0.15, -0.1) is 0 Å². The lowest BCUT2D eigenvalue weighted by molar-refractivity contribution is 0.242. The van der Waals surface area contributed by atoms with Gasteiger partial charge in [-0.25, -0.2) is 0 Å². The van der Waals surface area contributed by atoms with Gasteiger partial charge in [0.25, 0.3) is 0 Å². The van der Waals surface area contributed by atoms with Gasteiger partial charge in [-0.2, -0.15) is 0 Å². The zero-order chi connectivity index (χ0) is 10.9. The summed E-state index contributed by atoms with van der Waals surface area (Å²) in [5, 5.41) is 0. The van der Waals surface area contributed by atoms with Crippen molar-refractivity contribution in [3.8, 4) is 5.75 Å². The van der Waals surface area contributed by atoms with E-state index in [1.54, 1.807) is 13.3 Å². The molecule has 0 unspecified atom stereocenters. The smallest absolute Gasteiger partial charge is 0.142 e. The van der Waals surface area contributed by atoms with Crippen LogP contribution in [0.3, 0.4) is 0 Å². The number of ether oxygens (including phenoxy) is 1. The Hall–Kier alpha value is -0.610. The number of hydrogen-bond acceptors (Lipinski definition) is 3. The fourth-order valence-corrected chi connectivity index (χ4v) is 2.98. The van der Waals surface area contributed by atoms with Crippen molar-refractivity contribution >= 4 is 15.9 Å². The van der Waals surface area contributed by atoms with E-state index in [0.29, 0.717) is 6.54 Å². The lowest BCUT2D eigenvalue weighted by Crippen LogP contribution is -2.42. The van der Waals surface area contributed by atoms with Crippen LogP contribution in [0.4, 0.5) is 0 Å². The third-order valence-corrected chi connectivity index (χ3v) is 3.92. The van der Waals surface area contributed by atoms with E-state index in [0.717, 1.165) is 23.1 Å². The van der Waals surface area contributed by atoms with Crippen LogP contribution in [0.1, 0.15) is 24.8 Å². The molecule has 1 fully saturated rings. The number of halogens is 1. The standard InChI is InChI=1S/C11H15BrN2O/c1-15-9-6-14-5-8(12)10(9)11(7-13)3-2-4-11/h5-6H,2-4,7,13H2,1H3. The molecule has 1 aliphatic rings. The fraction of sp³-hybridized carbons (Fsp3) is 0.545. The molecule has 1 heterocycles. The average Bonchev–Trinajstić information content (AvgIpc) is 2.19. The van der Waals surface area contributed by atoms with Crippen LogP contribution >= 0.6 is 15.9 Å². The van der Waals surface area contributed by atoms with Gasteiger partial charge in [0, 0.05) is 28.2 Å². The molecule has 0 spiro atoms. The predicted octanol–water partition coefficient (Wildman–Crippen LogP) is 2.23. The summed E-state index contributed by atoms with van der Waals surface area (Å²) in [6.45, 7) is 0.673. The zero-order valence-electron chi connectivity index (χ0n) is 8.79. The van der Waals surface area contributed by atoms with Gasteiger partial charge in [0.05, 0.1) is 13.3 Å². The van der Waals surface area contributed by atoms with Crippen molar-refractivity contribution in [1.82, 2.24) is 4.98 Å². The van der Waals surface area contributed by atoms with Crippen molar-refractivity contribution < 1.29 is 4.74 Å². The van der Waals surface area contributed by atoms with E-state index in [4.69, 9.17) is 10.5 Å². The molecule has 15 heavy (non-hydrogen) atoms. The molecular weight excluding hydrogens is 256 g/mol. The van der Waals surface area contributed by atoms with Crippen LogP contribution in [0.5, 0.6) is 5.75 Å². The maximum absolute atomic E-state index is 5.90. The molecule has 0 amide bonds. The minimum Gasteiger partial charge on any atom is -0.495 e. The maximum Gasteiger partial charge on any atom is 0.142 e. The Balaban J connectivity index is 2.49. The second-order valence-electron chi connectivity index (χ2n) is 4.04. The maximum atomic E-state index is 5.90. The Morgan fingerprint density at radius 2 is 2.27 bits per heavy atom. The summed E-state index contributed by atoms with van der Waals surface area (Å²) in [5.41, 5.74) is 7.19. The lowest BCUT2D eigenvalue weighted by atomic mass is 9.64. The third-order valence-electron chi connectivity index (χ3n) is 3.32. The molecule has 82 valence electrons. The van der Waals surface area contributed by atoms with Crippen molar-refractivity contribution in [3.05, 3.63) is 22.4 Å². The fourth-order valence-electron chi connectivity index (χ4n) is 2.25. The first-order valence-corrected chi connectivity index (χ1v) is 5.91. The highest BCUT2D eigenvalue weighted by Gasteiger charge is 2.40. The van der Waals surface area contributed by atoms with Gasteiger partial charge in [0.2, 0.25) is 0 Å². The Morgan fingerprint density at radius 3 is 2.73 bits per heavy atom. The molecule has 4 heteroatoms. The van der Waals surface area contributed by atoms with Crippen molar-refractivity contribution in [1.29, 1.82) is 0 Å². The number of nitrogens with two attached hydrogens (primary N) is 1. The van der Waals surface area contributed by atoms with Gasteiger partial charge in [0.15, 0.2) is 0 Å². The molecule has 0 radical (unpaired) electrons. The molecule has 1 aliphatic carbocycles. The van der Waals surface area contributed by atoms with E-state index >= 15 is 0 Å². The van der Waals surface area contributed by atoms with Gasteiger partial charge in [0.1, 0.15) is 5.75 Å². The van der Waals surface area contributed by atoms with Crippen LogP contribution in [-0.4, -0.2) is 18.6 Å². The quantitative estimate of drug-likeness (QED) is 0.917. The third kappa shape index (κ3) is 1.66. The summed E-state index contributed by atoms with van der Waals surface area (Å²) in [7, 11) is 1.68. The monoisotopic (exact) mass is 270 g/mol. The number of aromatic nitrogens is 1. The second-order valence-corrected chi connectivity index (χ2v) is 4.89. The van der Waals surface area contributed by atoms with Crippen LogP contribution in [-0.2, 0) is 5.41 Å². The highest BCUT2D eigenvalue weighted by molar-refractivity contribution is 9.10. The first kappa shape index (κ1) is 10.9. The molecule has 0 aromatic carbocycles. The SMILES string of the molecule is COc1cncc(Br)c1C1(CN)CCC1. The number of pyridine rings is 1. The van der Waals surface area contributed by atoms with Gasteiger partial charge >= 0.3 is 0 Å². The zero-order valence-corrected chi connectivity index (χ0v) is 10.4. The van der Waals surface area contributed by atoms with Crippen molar-refractivity contribution in [2.45, 2.75) is 24.7 Å². The van der Waals surface area contributed by atoms with Gasteiger partial charge in [-0.3, -0.25) is 4.98 Å². The van der Waals surface area contributed by atoms with Crippen LogP contribution in [0.25, 0.3) is 0 Å². The molecule has 1 aromatic rings. The summed E-state index contributed by atoms with van der Waals surface area (Å²) in [4.78, 5) is 4.11. The summed E-state index contributed by atoms with van der Waals surface area (Å²) >= 11 is 3.54. The first-order chi connectivity index (χ1) is 7.23. The summed E-state index contributed by atoms with van der Waals surface area (Å²) in [6.07, 6.45) is 7.10. The van der Waals surface area contributed by atoms with E-state index in [1.807, 2.05) is 6.20 Å². The first-order valence-electron chi connectivity index (χ1n) is 5.11. The van der Waals surface area contributed by atoms with Crippen LogP contribution in [0.2, 0.25) is 0 Å². The summed E-state index contributed by atoms with van der Waals surface area (Å²) in [6, 6.07) is 0. The molecule has 0 bridgehead atoms. The second kappa shape index (κ2) is 4.10. The summed E-state index contributed by atoms with van der Waals surface area (Å²) < 4.78 is 6.37. The number of hydrogen-bond donors (Lipinski definition) is 1. The Labute approximate surface area is 98.2 Å². The Kier molecular flexibility index (Phi) is 2.98. The molecule has 2 N–H and O–H groups in total. The van der Waals surface area contributed by atoms with E-state index in [9.17, 15) is 0 Å². The molecule has 0 atom stereocenters. The molecule has 1 saturated carbocycles. The normalized spacial score (nSPS) is 18.3. The van der Waals surface area contributed by atoms with E-state index in [2.05, 4.69) is 20.9 Å². The van der Waals surface area contributed by atoms with E-state index in [1.165, 1.54) is 12.0 Å². The van der Waals surface area contributed by atoms with E-state index < -0.39 is 0 Å². The van der Waals surface area contributed by atoms with Gasteiger partial charge < -0.3 is 10.5 Å². The van der Waals surface area contributed by atoms with Crippen molar-refractivity contribution in [2.24, 2.45) is 5.73 Å². The molecule has 0 aliphatic heterocycles. The summed E-state index contributed by atoms with van der Waals surface area (Å²) in [5.74, 6) is 0.842. The van der Waals surface area contributed by atoms with E-state index in [-0.39, 0.29) is 5.41 Å². The average molecular weight is 271 g/mol. The molecule has 3 nitrogen and oxygen atoms in total. The van der Waals surface area contributed by atoms with Crippen LogP contribution in [0, 0.1) is 0 Å². The molecule has 2 rings (SSSR count). The predicted molar refractivity (Wildman–Crippen MR) is 63.1 cm³/mol. The van der Waals surface area contributed by atoms with Crippen LogP contribution in [0.15, 0.2) is 16.9 Å². The largest absolute Gasteiger partial charge is 0.495 e. The number of rotatable bonds is 3.